The van der Waals surface area contributed by atoms with E-state index < -0.39 is 23.6 Å². The number of anilines is 1. The van der Waals surface area contributed by atoms with E-state index in [4.69, 9.17) is 9.47 Å². The van der Waals surface area contributed by atoms with Crippen molar-refractivity contribution in [2.45, 2.75) is 46.8 Å². The fourth-order valence-corrected chi connectivity index (χ4v) is 4.99. The van der Waals surface area contributed by atoms with Crippen LogP contribution < -0.4 is 16.0 Å². The number of nitrogens with one attached hydrogen (secondary N) is 3. The van der Waals surface area contributed by atoms with Crippen LogP contribution in [0.1, 0.15) is 62.6 Å². The van der Waals surface area contributed by atoms with Gasteiger partial charge in [0.2, 0.25) is 0 Å². The van der Waals surface area contributed by atoms with E-state index in [0.29, 0.717) is 15.7 Å². The van der Waals surface area contributed by atoms with Crippen LogP contribution in [0.5, 0.6) is 0 Å². The number of aryl methyl sites for hydroxylation is 2. The number of halogens is 1. The standard InChI is InChI=1S/C29H31BrN4O6S/c1-16-24(41-17(2)32-16)14-23(27(37)39-6)34-26(36)21-11-10-19(13-22(21)30)25(35)31-15-18-8-7-9-20(12-18)33-28(38)40-29(3,4)5/h7-14H,15H2,1-6H3,(H,31,35)(H,33,38)(H,34,36). The number of hydrogen-bond acceptors (Lipinski definition) is 8. The Morgan fingerprint density at radius 1 is 1.05 bits per heavy atom. The van der Waals surface area contributed by atoms with E-state index in [1.807, 2.05) is 19.9 Å². The second-order valence-electron chi connectivity index (χ2n) is 9.89. The maximum Gasteiger partial charge on any atom is 0.412 e. The average molecular weight is 644 g/mol. The zero-order valence-corrected chi connectivity index (χ0v) is 25.9. The molecular weight excluding hydrogens is 612 g/mol. The number of thiazole rings is 1. The molecule has 0 atom stereocenters. The molecule has 1 aromatic heterocycles. The van der Waals surface area contributed by atoms with E-state index in [2.05, 4.69) is 36.9 Å². The Hall–Kier alpha value is -4.03. The summed E-state index contributed by atoms with van der Waals surface area (Å²) in [6.07, 6.45) is 0.952. The number of aromatic nitrogens is 1. The zero-order chi connectivity index (χ0) is 30.3. The number of esters is 1. The highest BCUT2D eigenvalue weighted by molar-refractivity contribution is 9.10. The van der Waals surface area contributed by atoms with Crippen LogP contribution in [0.15, 0.2) is 52.6 Å². The predicted octanol–water partition coefficient (Wildman–Crippen LogP) is 5.74. The fraction of sp³-hybridized carbons (Fsp3) is 0.276. The van der Waals surface area contributed by atoms with E-state index >= 15 is 0 Å². The molecule has 3 aromatic rings. The van der Waals surface area contributed by atoms with Gasteiger partial charge in [0.25, 0.3) is 11.8 Å². The Morgan fingerprint density at radius 3 is 2.39 bits per heavy atom. The summed E-state index contributed by atoms with van der Waals surface area (Å²) in [5.41, 5.74) is 1.89. The molecule has 0 spiro atoms. The topological polar surface area (TPSA) is 136 Å². The molecule has 0 aliphatic rings. The summed E-state index contributed by atoms with van der Waals surface area (Å²) in [7, 11) is 1.23. The fourth-order valence-electron chi connectivity index (χ4n) is 3.56. The van der Waals surface area contributed by atoms with Gasteiger partial charge >= 0.3 is 12.1 Å². The highest BCUT2D eigenvalue weighted by Gasteiger charge is 2.20. The second-order valence-corrected chi connectivity index (χ2v) is 12.0. The first-order chi connectivity index (χ1) is 19.3. The van der Waals surface area contributed by atoms with Gasteiger partial charge in [0.1, 0.15) is 11.3 Å². The third-order valence-electron chi connectivity index (χ3n) is 5.37. The van der Waals surface area contributed by atoms with Crippen LogP contribution >= 0.6 is 27.3 Å². The summed E-state index contributed by atoms with van der Waals surface area (Å²) in [5, 5.41) is 8.91. The number of hydrogen-bond donors (Lipinski definition) is 3. The van der Waals surface area contributed by atoms with Gasteiger partial charge in [-0.3, -0.25) is 14.9 Å². The monoisotopic (exact) mass is 642 g/mol. The van der Waals surface area contributed by atoms with Gasteiger partial charge in [-0.05, 0) is 92.5 Å². The smallest absolute Gasteiger partial charge is 0.412 e. The van der Waals surface area contributed by atoms with Crippen molar-refractivity contribution in [1.29, 1.82) is 0 Å². The molecular formula is C29H31BrN4O6S. The number of methoxy groups -OCH3 is 1. The van der Waals surface area contributed by atoms with Gasteiger partial charge in [-0.15, -0.1) is 11.3 Å². The van der Waals surface area contributed by atoms with Crippen LogP contribution in [0, 0.1) is 13.8 Å². The van der Waals surface area contributed by atoms with Gasteiger partial charge in [0, 0.05) is 22.3 Å². The van der Waals surface area contributed by atoms with Crippen molar-refractivity contribution in [3.05, 3.63) is 84.9 Å². The van der Waals surface area contributed by atoms with E-state index in [1.54, 1.807) is 39.0 Å². The quantitative estimate of drug-likeness (QED) is 0.210. The Kier molecular flexibility index (Phi) is 10.4. The van der Waals surface area contributed by atoms with Crippen LogP contribution in [0.3, 0.4) is 0 Å². The minimum Gasteiger partial charge on any atom is -0.464 e. The van der Waals surface area contributed by atoms with Crippen molar-refractivity contribution in [2.24, 2.45) is 0 Å². The molecule has 216 valence electrons. The zero-order valence-electron chi connectivity index (χ0n) is 23.5. The molecule has 0 unspecified atom stereocenters. The van der Waals surface area contributed by atoms with Gasteiger partial charge in [0.05, 0.1) is 28.3 Å². The molecule has 0 radical (unpaired) electrons. The molecule has 3 amide bonds. The van der Waals surface area contributed by atoms with Crippen LogP contribution in [0.25, 0.3) is 6.08 Å². The minimum absolute atomic E-state index is 0.0404. The number of ether oxygens (including phenoxy) is 2. The van der Waals surface area contributed by atoms with Crippen molar-refractivity contribution in [3.8, 4) is 0 Å². The normalized spacial score (nSPS) is 11.4. The summed E-state index contributed by atoms with van der Waals surface area (Å²) in [5.74, 6) is -1.63. The number of amides is 3. The van der Waals surface area contributed by atoms with Crippen molar-refractivity contribution in [2.75, 3.05) is 12.4 Å². The van der Waals surface area contributed by atoms with E-state index in [1.165, 1.54) is 42.7 Å². The average Bonchev–Trinajstić information content (AvgIpc) is 3.21. The first kappa shape index (κ1) is 31.5. The van der Waals surface area contributed by atoms with Crippen LogP contribution in [0.4, 0.5) is 10.5 Å². The largest absolute Gasteiger partial charge is 0.464 e. The molecule has 0 fully saturated rings. The van der Waals surface area contributed by atoms with Crippen molar-refractivity contribution in [1.82, 2.24) is 15.6 Å². The highest BCUT2D eigenvalue weighted by Crippen LogP contribution is 2.22. The molecule has 2 aromatic carbocycles. The molecule has 0 saturated heterocycles. The molecule has 12 heteroatoms. The maximum atomic E-state index is 13.0. The summed E-state index contributed by atoms with van der Waals surface area (Å²) in [6.45, 7) is 9.19. The number of carbonyl (C=O) groups excluding carboxylic acids is 4. The lowest BCUT2D eigenvalue weighted by molar-refractivity contribution is -0.136. The van der Waals surface area contributed by atoms with Crippen LogP contribution in [-0.4, -0.2) is 41.6 Å². The molecule has 0 aliphatic heterocycles. The Morgan fingerprint density at radius 2 is 1.78 bits per heavy atom. The molecule has 41 heavy (non-hydrogen) atoms. The van der Waals surface area contributed by atoms with Gasteiger partial charge < -0.3 is 20.1 Å². The van der Waals surface area contributed by atoms with Gasteiger partial charge in [0.15, 0.2) is 0 Å². The van der Waals surface area contributed by atoms with E-state index in [0.717, 1.165) is 21.1 Å². The summed E-state index contributed by atoms with van der Waals surface area (Å²) in [6, 6.07) is 11.5. The van der Waals surface area contributed by atoms with Gasteiger partial charge in [-0.25, -0.2) is 14.6 Å². The molecule has 0 saturated carbocycles. The predicted molar refractivity (Wildman–Crippen MR) is 161 cm³/mol. The Balaban J connectivity index is 1.67. The van der Waals surface area contributed by atoms with Crippen molar-refractivity contribution < 1.29 is 28.7 Å². The van der Waals surface area contributed by atoms with Gasteiger partial charge in [-0.1, -0.05) is 12.1 Å². The number of nitrogens with zero attached hydrogens (tertiary/aromatic N) is 1. The van der Waals surface area contributed by atoms with Crippen LogP contribution in [-0.2, 0) is 20.8 Å². The van der Waals surface area contributed by atoms with Crippen molar-refractivity contribution >= 4 is 62.9 Å². The first-order valence-electron chi connectivity index (χ1n) is 12.5. The first-order valence-corrected chi connectivity index (χ1v) is 14.1. The highest BCUT2D eigenvalue weighted by atomic mass is 79.9. The number of benzene rings is 2. The van der Waals surface area contributed by atoms with Crippen LogP contribution in [0.2, 0.25) is 0 Å². The molecule has 3 rings (SSSR count). The third kappa shape index (κ3) is 9.25. The maximum absolute atomic E-state index is 13.0. The SMILES string of the molecule is COC(=O)C(=Cc1sc(C)nc1C)NC(=O)c1ccc(C(=O)NCc2cccc(NC(=O)OC(C)(C)C)c2)cc1Br. The summed E-state index contributed by atoms with van der Waals surface area (Å²) >= 11 is 4.74. The third-order valence-corrected chi connectivity index (χ3v) is 7.05. The lowest BCUT2D eigenvalue weighted by Crippen LogP contribution is -2.28. The molecule has 10 nitrogen and oxygen atoms in total. The molecule has 3 N–H and O–H groups in total. The number of rotatable bonds is 8. The molecule has 1 heterocycles. The van der Waals surface area contributed by atoms with E-state index in [-0.39, 0.29) is 23.7 Å². The Labute approximate surface area is 250 Å². The second kappa shape index (κ2) is 13.6. The lowest BCUT2D eigenvalue weighted by atomic mass is 10.1. The molecule has 0 bridgehead atoms. The van der Waals surface area contributed by atoms with Gasteiger partial charge in [-0.2, -0.15) is 0 Å². The lowest BCUT2D eigenvalue weighted by Gasteiger charge is -2.19. The Bertz CT molecular complexity index is 1510. The summed E-state index contributed by atoms with van der Waals surface area (Å²) < 4.78 is 10.5. The van der Waals surface area contributed by atoms with E-state index in [9.17, 15) is 19.2 Å². The minimum atomic E-state index is -0.707. The van der Waals surface area contributed by atoms with Crippen molar-refractivity contribution in [3.63, 3.8) is 0 Å². The summed E-state index contributed by atoms with van der Waals surface area (Å²) in [4.78, 5) is 55.3. The number of carbonyl (C=O) groups is 4. The molecule has 0 aliphatic carbocycles.